The topological polar surface area (TPSA) is 54.4 Å². The number of rotatable bonds is 5. The van der Waals surface area contributed by atoms with Gasteiger partial charge >= 0.3 is 0 Å². The standard InChI is InChI=1S/C15H18O3/c1-9(2)12-6-8-14(18)15(11(12)4)13(17)7-5-10(3)16/h6,8,18H,1,5,7H2,2-4H3. The fraction of sp³-hybridized carbons (Fsp3) is 0.333. The van der Waals surface area contributed by atoms with Crippen molar-refractivity contribution < 1.29 is 14.7 Å². The highest BCUT2D eigenvalue weighted by Gasteiger charge is 2.17. The van der Waals surface area contributed by atoms with Gasteiger partial charge in [-0.2, -0.15) is 0 Å². The quantitative estimate of drug-likeness (QED) is 0.811. The van der Waals surface area contributed by atoms with Gasteiger partial charge in [-0.15, -0.1) is 0 Å². The van der Waals surface area contributed by atoms with Crippen LogP contribution >= 0.6 is 0 Å². The first-order valence-electron chi connectivity index (χ1n) is 5.85. The monoisotopic (exact) mass is 246 g/mol. The average molecular weight is 246 g/mol. The molecule has 0 amide bonds. The molecule has 96 valence electrons. The van der Waals surface area contributed by atoms with Crippen molar-refractivity contribution in [1.29, 1.82) is 0 Å². The Balaban J connectivity index is 3.14. The highest BCUT2D eigenvalue weighted by atomic mass is 16.3. The zero-order valence-corrected chi connectivity index (χ0v) is 11.0. The molecule has 1 aromatic carbocycles. The van der Waals surface area contributed by atoms with E-state index in [-0.39, 0.29) is 30.2 Å². The van der Waals surface area contributed by atoms with Crippen LogP contribution in [0, 0.1) is 6.92 Å². The lowest BCUT2D eigenvalue weighted by Gasteiger charge is -2.12. The molecule has 18 heavy (non-hydrogen) atoms. The van der Waals surface area contributed by atoms with Crippen LogP contribution in [0.25, 0.3) is 5.57 Å². The molecular formula is C15H18O3. The molecular weight excluding hydrogens is 228 g/mol. The van der Waals surface area contributed by atoms with Gasteiger partial charge in [0.1, 0.15) is 11.5 Å². The lowest BCUT2D eigenvalue weighted by molar-refractivity contribution is -0.116. The first-order valence-corrected chi connectivity index (χ1v) is 5.85. The average Bonchev–Trinajstić information content (AvgIpc) is 2.25. The van der Waals surface area contributed by atoms with Crippen molar-refractivity contribution in [2.45, 2.75) is 33.6 Å². The summed E-state index contributed by atoms with van der Waals surface area (Å²) in [6, 6.07) is 3.24. The van der Waals surface area contributed by atoms with Crippen LogP contribution in [0.5, 0.6) is 5.75 Å². The van der Waals surface area contributed by atoms with Crippen LogP contribution in [0.1, 0.15) is 48.2 Å². The van der Waals surface area contributed by atoms with Gasteiger partial charge in [-0.05, 0) is 38.0 Å². The molecule has 0 bridgehead atoms. The number of carbonyl (C=O) groups excluding carboxylic acids is 2. The maximum atomic E-state index is 12.0. The van der Waals surface area contributed by atoms with E-state index in [1.54, 1.807) is 13.0 Å². The van der Waals surface area contributed by atoms with Gasteiger partial charge in [-0.3, -0.25) is 4.79 Å². The van der Waals surface area contributed by atoms with Crippen LogP contribution in [0.4, 0.5) is 0 Å². The Hall–Kier alpha value is -1.90. The number of hydrogen-bond donors (Lipinski definition) is 1. The summed E-state index contributed by atoms with van der Waals surface area (Å²) >= 11 is 0. The SMILES string of the molecule is C=C(C)c1ccc(O)c(C(=O)CCC(C)=O)c1C. The van der Waals surface area contributed by atoms with Crippen molar-refractivity contribution in [3.05, 3.63) is 35.4 Å². The summed E-state index contributed by atoms with van der Waals surface area (Å²) in [4.78, 5) is 22.9. The van der Waals surface area contributed by atoms with Crippen molar-refractivity contribution in [1.82, 2.24) is 0 Å². The van der Waals surface area contributed by atoms with Crippen molar-refractivity contribution in [2.24, 2.45) is 0 Å². The molecule has 0 unspecified atom stereocenters. The summed E-state index contributed by atoms with van der Waals surface area (Å²) in [7, 11) is 0. The van der Waals surface area contributed by atoms with Gasteiger partial charge in [-0.25, -0.2) is 0 Å². The Morgan fingerprint density at radius 1 is 1.22 bits per heavy atom. The maximum Gasteiger partial charge on any atom is 0.167 e. The van der Waals surface area contributed by atoms with Crippen molar-refractivity contribution in [3.8, 4) is 5.75 Å². The molecule has 1 N–H and O–H groups in total. The largest absolute Gasteiger partial charge is 0.507 e. The Morgan fingerprint density at radius 2 is 1.83 bits per heavy atom. The zero-order valence-electron chi connectivity index (χ0n) is 11.0. The molecule has 0 radical (unpaired) electrons. The number of phenolic OH excluding ortho intramolecular Hbond substituents is 1. The fourth-order valence-corrected chi connectivity index (χ4v) is 1.93. The third-order valence-electron chi connectivity index (χ3n) is 2.89. The Labute approximate surface area is 107 Å². The predicted molar refractivity (Wildman–Crippen MR) is 71.8 cm³/mol. The fourth-order valence-electron chi connectivity index (χ4n) is 1.93. The van der Waals surface area contributed by atoms with Gasteiger partial charge in [-0.1, -0.05) is 18.2 Å². The van der Waals surface area contributed by atoms with Crippen molar-refractivity contribution in [2.75, 3.05) is 0 Å². The number of Topliss-reactive ketones (excluding diaryl/α,β-unsaturated/α-hetero) is 2. The molecule has 0 spiro atoms. The van der Waals surface area contributed by atoms with E-state index in [0.29, 0.717) is 5.56 Å². The number of aromatic hydroxyl groups is 1. The summed E-state index contributed by atoms with van der Waals surface area (Å²) in [5, 5.41) is 9.80. The highest BCUT2D eigenvalue weighted by molar-refractivity contribution is 6.02. The van der Waals surface area contributed by atoms with Crippen LogP contribution in [0.3, 0.4) is 0 Å². The van der Waals surface area contributed by atoms with E-state index >= 15 is 0 Å². The number of ketones is 2. The Bertz CT molecular complexity index is 513. The summed E-state index contributed by atoms with van der Waals surface area (Å²) in [5.41, 5.74) is 2.72. The van der Waals surface area contributed by atoms with Crippen LogP contribution in [-0.2, 0) is 4.79 Å². The lowest BCUT2D eigenvalue weighted by atomic mass is 9.93. The number of phenols is 1. The molecule has 0 aliphatic rings. The van der Waals surface area contributed by atoms with Gasteiger partial charge in [0.25, 0.3) is 0 Å². The predicted octanol–water partition coefficient (Wildman–Crippen LogP) is 3.29. The Morgan fingerprint density at radius 3 is 2.33 bits per heavy atom. The molecule has 0 saturated heterocycles. The van der Waals surface area contributed by atoms with Crippen LogP contribution in [-0.4, -0.2) is 16.7 Å². The van der Waals surface area contributed by atoms with E-state index in [9.17, 15) is 14.7 Å². The third kappa shape index (κ3) is 3.06. The van der Waals surface area contributed by atoms with E-state index < -0.39 is 0 Å². The summed E-state index contributed by atoms with van der Waals surface area (Å²) in [5.74, 6) is -0.272. The van der Waals surface area contributed by atoms with Crippen LogP contribution in [0.2, 0.25) is 0 Å². The first-order chi connectivity index (χ1) is 8.34. The molecule has 1 rings (SSSR count). The lowest BCUT2D eigenvalue weighted by Crippen LogP contribution is -2.06. The second-order valence-electron chi connectivity index (χ2n) is 4.54. The van der Waals surface area contributed by atoms with Gasteiger partial charge in [0.15, 0.2) is 5.78 Å². The number of carbonyl (C=O) groups is 2. The summed E-state index contributed by atoms with van der Waals surface area (Å²) < 4.78 is 0. The van der Waals surface area contributed by atoms with Crippen molar-refractivity contribution >= 4 is 17.1 Å². The molecule has 0 fully saturated rings. The first kappa shape index (κ1) is 14.2. The molecule has 3 nitrogen and oxygen atoms in total. The van der Waals surface area contributed by atoms with E-state index in [1.165, 1.54) is 13.0 Å². The Kier molecular flexibility index (Phi) is 4.43. The minimum Gasteiger partial charge on any atom is -0.507 e. The van der Waals surface area contributed by atoms with E-state index in [0.717, 1.165) is 16.7 Å². The van der Waals surface area contributed by atoms with Gasteiger partial charge in [0.2, 0.25) is 0 Å². The second-order valence-corrected chi connectivity index (χ2v) is 4.54. The minimum atomic E-state index is -0.205. The smallest absolute Gasteiger partial charge is 0.167 e. The summed E-state index contributed by atoms with van der Waals surface area (Å²) in [6.45, 7) is 8.93. The van der Waals surface area contributed by atoms with Crippen molar-refractivity contribution in [3.63, 3.8) is 0 Å². The number of allylic oxidation sites excluding steroid dienone is 1. The maximum absolute atomic E-state index is 12.0. The minimum absolute atomic E-state index is 0.0310. The molecule has 0 aliphatic carbocycles. The van der Waals surface area contributed by atoms with Crippen LogP contribution in [0.15, 0.2) is 18.7 Å². The van der Waals surface area contributed by atoms with E-state index in [1.807, 2.05) is 6.92 Å². The van der Waals surface area contributed by atoms with Gasteiger partial charge in [0, 0.05) is 12.8 Å². The second kappa shape index (κ2) is 5.63. The molecule has 0 heterocycles. The third-order valence-corrected chi connectivity index (χ3v) is 2.89. The molecule has 1 aromatic rings. The van der Waals surface area contributed by atoms with Gasteiger partial charge in [0.05, 0.1) is 5.56 Å². The molecule has 0 atom stereocenters. The summed E-state index contributed by atoms with van der Waals surface area (Å²) in [6.07, 6.45) is 0.332. The highest BCUT2D eigenvalue weighted by Crippen LogP contribution is 2.28. The molecule has 0 aromatic heterocycles. The van der Waals surface area contributed by atoms with E-state index in [4.69, 9.17) is 0 Å². The van der Waals surface area contributed by atoms with E-state index in [2.05, 4.69) is 6.58 Å². The molecule has 0 saturated carbocycles. The molecule has 3 heteroatoms. The number of hydrogen-bond acceptors (Lipinski definition) is 3. The number of benzene rings is 1. The van der Waals surface area contributed by atoms with Crippen LogP contribution < -0.4 is 0 Å². The normalized spacial score (nSPS) is 10.2. The zero-order chi connectivity index (χ0) is 13.9. The van der Waals surface area contributed by atoms with Gasteiger partial charge < -0.3 is 9.90 Å². The molecule has 0 aliphatic heterocycles.